The standard InChI is InChI=1S/C29H28N4O3/c30-28(31)22-11-14-24(15-12-22)33-27(29(35)32-18-20-7-3-1-4-8-20)23-13-16-25(34)26(17-23)36-19-21-9-5-2-6-10-21/h1-17,27,33-34H,18-19H2,(H3,30,31)(H,32,35). The maximum atomic E-state index is 13.3. The Morgan fingerprint density at radius 1 is 0.889 bits per heavy atom. The SMILES string of the molecule is N=C(N)c1ccc(NC(C(=O)NCc2ccccc2)c2ccc(O)c(OCc3ccccc3)c2)cc1. The minimum absolute atomic E-state index is 0.0102. The topological polar surface area (TPSA) is 120 Å². The highest BCUT2D eigenvalue weighted by Gasteiger charge is 2.22. The molecule has 1 amide bonds. The van der Waals surface area contributed by atoms with Crippen molar-refractivity contribution < 1.29 is 14.6 Å². The molecule has 0 aliphatic heterocycles. The van der Waals surface area contributed by atoms with Crippen molar-refractivity contribution in [1.82, 2.24) is 5.32 Å². The molecular weight excluding hydrogens is 452 g/mol. The van der Waals surface area contributed by atoms with Gasteiger partial charge in [-0.1, -0.05) is 66.7 Å². The highest BCUT2D eigenvalue weighted by molar-refractivity contribution is 5.95. The Kier molecular flexibility index (Phi) is 7.83. The highest BCUT2D eigenvalue weighted by atomic mass is 16.5. The molecule has 4 aromatic carbocycles. The first-order valence-electron chi connectivity index (χ1n) is 11.5. The monoisotopic (exact) mass is 480 g/mol. The number of nitrogens with two attached hydrogens (primary N) is 1. The normalized spacial score (nSPS) is 11.3. The maximum Gasteiger partial charge on any atom is 0.247 e. The second-order valence-electron chi connectivity index (χ2n) is 8.27. The molecule has 7 heteroatoms. The van der Waals surface area contributed by atoms with Gasteiger partial charge in [0.05, 0.1) is 0 Å². The molecule has 0 bridgehead atoms. The number of ether oxygens (including phenoxy) is 1. The predicted octanol–water partition coefficient (Wildman–Crippen LogP) is 4.72. The molecule has 182 valence electrons. The van der Waals surface area contributed by atoms with Crippen molar-refractivity contribution in [1.29, 1.82) is 5.41 Å². The Morgan fingerprint density at radius 2 is 1.53 bits per heavy atom. The van der Waals surface area contributed by atoms with Gasteiger partial charge in [-0.3, -0.25) is 10.2 Å². The Morgan fingerprint density at radius 3 is 2.17 bits per heavy atom. The number of hydrogen-bond donors (Lipinski definition) is 5. The zero-order valence-corrected chi connectivity index (χ0v) is 19.6. The van der Waals surface area contributed by atoms with E-state index in [0.29, 0.717) is 23.4 Å². The average Bonchev–Trinajstić information content (AvgIpc) is 2.91. The number of phenols is 1. The lowest BCUT2D eigenvalue weighted by Gasteiger charge is -2.21. The third-order valence-corrected chi connectivity index (χ3v) is 5.63. The molecule has 7 nitrogen and oxygen atoms in total. The summed E-state index contributed by atoms with van der Waals surface area (Å²) in [4.78, 5) is 13.3. The molecule has 0 saturated carbocycles. The van der Waals surface area contributed by atoms with Crippen LogP contribution in [0.25, 0.3) is 0 Å². The number of rotatable bonds is 10. The molecule has 36 heavy (non-hydrogen) atoms. The zero-order valence-electron chi connectivity index (χ0n) is 19.6. The molecule has 4 aromatic rings. The van der Waals surface area contributed by atoms with E-state index in [2.05, 4.69) is 10.6 Å². The number of anilines is 1. The zero-order chi connectivity index (χ0) is 25.3. The molecular formula is C29H28N4O3. The van der Waals surface area contributed by atoms with Crippen LogP contribution in [0.1, 0.15) is 28.3 Å². The Balaban J connectivity index is 1.57. The molecule has 0 aliphatic carbocycles. The summed E-state index contributed by atoms with van der Waals surface area (Å²) in [6.45, 7) is 0.652. The quantitative estimate of drug-likeness (QED) is 0.166. The summed E-state index contributed by atoms with van der Waals surface area (Å²) >= 11 is 0. The lowest BCUT2D eigenvalue weighted by atomic mass is 10.0. The van der Waals surface area contributed by atoms with Gasteiger partial charge in [0.2, 0.25) is 5.91 Å². The number of hydrogen-bond acceptors (Lipinski definition) is 5. The molecule has 0 heterocycles. The van der Waals surface area contributed by atoms with E-state index in [1.54, 1.807) is 36.4 Å². The van der Waals surface area contributed by atoms with E-state index in [4.69, 9.17) is 15.9 Å². The number of amides is 1. The summed E-state index contributed by atoms with van der Waals surface area (Å²) < 4.78 is 5.87. The highest BCUT2D eigenvalue weighted by Crippen LogP contribution is 2.31. The fourth-order valence-corrected chi connectivity index (χ4v) is 3.66. The van der Waals surface area contributed by atoms with Crippen molar-refractivity contribution in [2.45, 2.75) is 19.2 Å². The number of carbonyl (C=O) groups excluding carboxylic acids is 1. The first-order chi connectivity index (χ1) is 17.5. The number of amidine groups is 1. The fourth-order valence-electron chi connectivity index (χ4n) is 3.66. The fraction of sp³-hybridized carbons (Fsp3) is 0.103. The summed E-state index contributed by atoms with van der Waals surface area (Å²) in [5.74, 6) is 0.00141. The number of phenolic OH excluding ortho intramolecular Hbond substituents is 1. The van der Waals surface area contributed by atoms with Crippen molar-refractivity contribution in [3.63, 3.8) is 0 Å². The number of benzene rings is 4. The summed E-state index contributed by atoms with van der Waals surface area (Å²) in [5, 5.41) is 24.2. The van der Waals surface area contributed by atoms with Gasteiger partial charge >= 0.3 is 0 Å². The van der Waals surface area contributed by atoms with Crippen LogP contribution < -0.4 is 21.1 Å². The minimum Gasteiger partial charge on any atom is -0.504 e. The minimum atomic E-state index is -0.767. The van der Waals surface area contributed by atoms with E-state index >= 15 is 0 Å². The van der Waals surface area contributed by atoms with E-state index in [1.807, 2.05) is 60.7 Å². The smallest absolute Gasteiger partial charge is 0.247 e. The Labute approximate surface area is 210 Å². The van der Waals surface area contributed by atoms with Gasteiger partial charge in [-0.2, -0.15) is 0 Å². The molecule has 1 atom stereocenters. The molecule has 4 rings (SSSR count). The average molecular weight is 481 g/mol. The van der Waals surface area contributed by atoms with Crippen LogP contribution in [0, 0.1) is 5.41 Å². The van der Waals surface area contributed by atoms with E-state index in [9.17, 15) is 9.90 Å². The van der Waals surface area contributed by atoms with Crippen LogP contribution in [0.4, 0.5) is 5.69 Å². The van der Waals surface area contributed by atoms with Crippen LogP contribution in [-0.2, 0) is 17.9 Å². The number of nitrogens with one attached hydrogen (secondary N) is 3. The van der Waals surface area contributed by atoms with Gasteiger partial charge in [-0.05, 0) is 53.1 Å². The van der Waals surface area contributed by atoms with Gasteiger partial charge in [-0.25, -0.2) is 0 Å². The van der Waals surface area contributed by atoms with Crippen LogP contribution in [0.3, 0.4) is 0 Å². The van der Waals surface area contributed by atoms with Crippen molar-refractivity contribution in [2.24, 2.45) is 5.73 Å². The molecule has 0 aromatic heterocycles. The third-order valence-electron chi connectivity index (χ3n) is 5.63. The van der Waals surface area contributed by atoms with Gasteiger partial charge in [0.25, 0.3) is 0 Å². The van der Waals surface area contributed by atoms with Crippen LogP contribution in [-0.4, -0.2) is 16.8 Å². The predicted molar refractivity (Wildman–Crippen MR) is 141 cm³/mol. The van der Waals surface area contributed by atoms with E-state index in [0.717, 1.165) is 11.1 Å². The largest absolute Gasteiger partial charge is 0.504 e. The number of nitrogen functional groups attached to an aromatic ring is 1. The molecule has 0 aliphatic rings. The molecule has 0 saturated heterocycles. The third kappa shape index (κ3) is 6.42. The lowest BCUT2D eigenvalue weighted by Crippen LogP contribution is -2.33. The van der Waals surface area contributed by atoms with Gasteiger partial charge in [0, 0.05) is 17.8 Å². The van der Waals surface area contributed by atoms with Crippen LogP contribution in [0.5, 0.6) is 11.5 Å². The van der Waals surface area contributed by atoms with Crippen LogP contribution in [0.2, 0.25) is 0 Å². The second-order valence-corrected chi connectivity index (χ2v) is 8.27. The van der Waals surface area contributed by atoms with E-state index < -0.39 is 6.04 Å². The Bertz CT molecular complexity index is 1310. The van der Waals surface area contributed by atoms with Crippen molar-refractivity contribution in [2.75, 3.05) is 5.32 Å². The second kappa shape index (κ2) is 11.6. The summed E-state index contributed by atoms with van der Waals surface area (Å²) in [7, 11) is 0. The first kappa shape index (κ1) is 24.3. The van der Waals surface area contributed by atoms with Crippen LogP contribution >= 0.6 is 0 Å². The van der Waals surface area contributed by atoms with Crippen molar-refractivity contribution in [3.8, 4) is 11.5 Å². The number of carbonyl (C=O) groups is 1. The summed E-state index contributed by atoms with van der Waals surface area (Å²) in [5.41, 5.74) is 9.39. The van der Waals surface area contributed by atoms with Crippen molar-refractivity contribution >= 4 is 17.4 Å². The Hall–Kier alpha value is -4.78. The summed E-state index contributed by atoms with van der Waals surface area (Å²) in [6, 6.07) is 30.4. The summed E-state index contributed by atoms with van der Waals surface area (Å²) in [6.07, 6.45) is 0. The molecule has 0 spiro atoms. The van der Waals surface area contributed by atoms with Crippen LogP contribution in [0.15, 0.2) is 103 Å². The first-order valence-corrected chi connectivity index (χ1v) is 11.5. The number of aromatic hydroxyl groups is 1. The van der Waals surface area contributed by atoms with Gasteiger partial charge < -0.3 is 26.2 Å². The van der Waals surface area contributed by atoms with Gasteiger partial charge in [0.1, 0.15) is 18.5 Å². The van der Waals surface area contributed by atoms with E-state index in [1.165, 1.54) is 6.07 Å². The molecule has 6 N–H and O–H groups in total. The maximum absolute atomic E-state index is 13.3. The molecule has 0 fully saturated rings. The molecule has 0 radical (unpaired) electrons. The lowest BCUT2D eigenvalue weighted by molar-refractivity contribution is -0.122. The van der Waals surface area contributed by atoms with Crippen molar-refractivity contribution in [3.05, 3.63) is 125 Å². The van der Waals surface area contributed by atoms with E-state index in [-0.39, 0.29) is 29.8 Å². The van der Waals surface area contributed by atoms with Gasteiger partial charge in [-0.15, -0.1) is 0 Å². The molecule has 1 unspecified atom stereocenters. The van der Waals surface area contributed by atoms with Gasteiger partial charge in [0.15, 0.2) is 11.5 Å².